The molecule has 1 aliphatic rings. The van der Waals surface area contributed by atoms with Gasteiger partial charge in [0, 0.05) is 31.5 Å². The molecular weight excluding hydrogens is 266 g/mol. The van der Waals surface area contributed by atoms with Gasteiger partial charge >= 0.3 is 6.09 Å². The smallest absolute Gasteiger partial charge is 0.410 e. The predicted octanol–water partition coefficient (Wildman–Crippen LogP) is 3.15. The minimum atomic E-state index is -0.418. The second kappa shape index (κ2) is 6.08. The van der Waals surface area contributed by atoms with Gasteiger partial charge in [-0.2, -0.15) is 0 Å². The Morgan fingerprint density at radius 1 is 1.33 bits per heavy atom. The number of rotatable bonds is 2. The molecule has 1 aromatic rings. The number of likely N-dealkylation sites (tertiary alicyclic amines) is 1. The molecule has 0 aromatic carbocycles. The first-order chi connectivity index (χ1) is 9.76. The Morgan fingerprint density at radius 2 is 1.95 bits per heavy atom. The van der Waals surface area contributed by atoms with Crippen LogP contribution in [-0.2, 0) is 11.3 Å². The molecule has 0 bridgehead atoms. The molecule has 5 nitrogen and oxygen atoms in total. The zero-order chi connectivity index (χ0) is 15.6. The average Bonchev–Trinajstić information content (AvgIpc) is 2.69. The monoisotopic (exact) mass is 293 g/mol. The average molecular weight is 293 g/mol. The minimum Gasteiger partial charge on any atom is -0.444 e. The number of imidazole rings is 1. The van der Waals surface area contributed by atoms with Crippen LogP contribution >= 0.6 is 0 Å². The molecule has 1 aliphatic heterocycles. The van der Waals surface area contributed by atoms with E-state index in [0.717, 1.165) is 38.3 Å². The molecule has 0 aliphatic carbocycles. The van der Waals surface area contributed by atoms with Crippen molar-refractivity contribution in [3.63, 3.8) is 0 Å². The molecule has 2 heterocycles. The number of nitrogens with zero attached hydrogens (tertiary/aromatic N) is 3. The topological polar surface area (TPSA) is 47.4 Å². The third kappa shape index (κ3) is 4.22. The maximum absolute atomic E-state index is 12.0. The second-order valence-corrected chi connectivity index (χ2v) is 6.97. The molecule has 0 atom stereocenters. The standard InChI is InChI=1S/C16H27N3O2/c1-12-10-17-13(2)19(12)11-14-6-8-18(9-7-14)15(20)21-16(3,4)5/h10,14H,6-9,11H2,1-5H3. The van der Waals surface area contributed by atoms with Crippen LogP contribution in [0.5, 0.6) is 0 Å². The second-order valence-electron chi connectivity index (χ2n) is 6.97. The normalized spacial score (nSPS) is 17.1. The van der Waals surface area contributed by atoms with Crippen LogP contribution in [-0.4, -0.2) is 39.2 Å². The van der Waals surface area contributed by atoms with Gasteiger partial charge < -0.3 is 14.2 Å². The van der Waals surface area contributed by atoms with E-state index in [1.165, 1.54) is 5.69 Å². The first kappa shape index (κ1) is 15.9. The zero-order valence-corrected chi connectivity index (χ0v) is 13.8. The van der Waals surface area contributed by atoms with E-state index in [4.69, 9.17) is 4.74 Å². The van der Waals surface area contributed by atoms with Crippen LogP contribution in [0.4, 0.5) is 4.79 Å². The van der Waals surface area contributed by atoms with Gasteiger partial charge in [-0.25, -0.2) is 9.78 Å². The Bertz CT molecular complexity index is 475. The first-order valence-corrected chi connectivity index (χ1v) is 7.73. The van der Waals surface area contributed by atoms with Crippen LogP contribution in [0.1, 0.15) is 45.1 Å². The van der Waals surface area contributed by atoms with Gasteiger partial charge in [0.05, 0.1) is 0 Å². The third-order valence-electron chi connectivity index (χ3n) is 3.96. The zero-order valence-electron chi connectivity index (χ0n) is 13.8. The van der Waals surface area contributed by atoms with Gasteiger partial charge in [0.25, 0.3) is 0 Å². The van der Waals surface area contributed by atoms with Crippen LogP contribution < -0.4 is 0 Å². The quantitative estimate of drug-likeness (QED) is 0.841. The molecule has 2 rings (SSSR count). The minimum absolute atomic E-state index is 0.184. The van der Waals surface area contributed by atoms with E-state index < -0.39 is 5.60 Å². The molecule has 0 unspecified atom stereocenters. The maximum atomic E-state index is 12.0. The number of aromatic nitrogens is 2. The summed E-state index contributed by atoms with van der Waals surface area (Å²) in [5.41, 5.74) is 0.793. The highest BCUT2D eigenvalue weighted by molar-refractivity contribution is 5.68. The van der Waals surface area contributed by atoms with Crippen LogP contribution in [0.2, 0.25) is 0 Å². The van der Waals surface area contributed by atoms with Crippen LogP contribution in [0.25, 0.3) is 0 Å². The van der Waals surface area contributed by atoms with E-state index in [-0.39, 0.29) is 6.09 Å². The number of carbonyl (C=O) groups is 1. The lowest BCUT2D eigenvalue weighted by molar-refractivity contribution is 0.0178. The predicted molar refractivity (Wildman–Crippen MR) is 82.2 cm³/mol. The lowest BCUT2D eigenvalue weighted by Crippen LogP contribution is -2.42. The summed E-state index contributed by atoms with van der Waals surface area (Å²) in [6, 6.07) is 0. The number of hydrogen-bond donors (Lipinski definition) is 0. The highest BCUT2D eigenvalue weighted by Crippen LogP contribution is 2.22. The Labute approximate surface area is 127 Å². The van der Waals surface area contributed by atoms with E-state index in [2.05, 4.69) is 16.5 Å². The summed E-state index contributed by atoms with van der Waals surface area (Å²) in [5.74, 6) is 1.68. The van der Waals surface area contributed by atoms with E-state index >= 15 is 0 Å². The Hall–Kier alpha value is -1.52. The molecule has 118 valence electrons. The van der Waals surface area contributed by atoms with Crippen LogP contribution in [0, 0.1) is 19.8 Å². The summed E-state index contributed by atoms with van der Waals surface area (Å²) in [5, 5.41) is 0. The largest absolute Gasteiger partial charge is 0.444 e. The maximum Gasteiger partial charge on any atom is 0.410 e. The highest BCUT2D eigenvalue weighted by atomic mass is 16.6. The lowest BCUT2D eigenvalue weighted by Gasteiger charge is -2.33. The van der Waals surface area contributed by atoms with Crippen molar-refractivity contribution in [2.75, 3.05) is 13.1 Å². The van der Waals surface area contributed by atoms with Crippen LogP contribution in [0.15, 0.2) is 6.20 Å². The van der Waals surface area contributed by atoms with Crippen LogP contribution in [0.3, 0.4) is 0 Å². The Morgan fingerprint density at radius 3 is 2.43 bits per heavy atom. The molecule has 1 saturated heterocycles. The van der Waals surface area contributed by atoms with Crippen molar-refractivity contribution in [1.29, 1.82) is 0 Å². The van der Waals surface area contributed by atoms with E-state index in [0.29, 0.717) is 5.92 Å². The lowest BCUT2D eigenvalue weighted by atomic mass is 9.97. The number of ether oxygens (including phenoxy) is 1. The molecule has 1 amide bonds. The summed E-state index contributed by atoms with van der Waals surface area (Å²) in [4.78, 5) is 18.2. The van der Waals surface area contributed by atoms with E-state index in [9.17, 15) is 4.79 Å². The number of carbonyl (C=O) groups excluding carboxylic acids is 1. The summed E-state index contributed by atoms with van der Waals surface area (Å²) >= 11 is 0. The van der Waals surface area contributed by atoms with Crippen molar-refractivity contribution in [2.45, 2.75) is 59.6 Å². The first-order valence-electron chi connectivity index (χ1n) is 7.73. The van der Waals surface area contributed by atoms with Gasteiger partial charge in [-0.15, -0.1) is 0 Å². The molecule has 0 saturated carbocycles. The fourth-order valence-corrected chi connectivity index (χ4v) is 2.74. The highest BCUT2D eigenvalue weighted by Gasteiger charge is 2.27. The fourth-order valence-electron chi connectivity index (χ4n) is 2.74. The molecule has 5 heteroatoms. The van der Waals surface area contributed by atoms with Gasteiger partial charge in [-0.05, 0) is 53.4 Å². The van der Waals surface area contributed by atoms with Crippen molar-refractivity contribution in [2.24, 2.45) is 5.92 Å². The van der Waals surface area contributed by atoms with Gasteiger partial charge in [0.15, 0.2) is 0 Å². The molecule has 0 radical (unpaired) electrons. The molecule has 1 aromatic heterocycles. The van der Waals surface area contributed by atoms with Gasteiger partial charge in [-0.3, -0.25) is 0 Å². The van der Waals surface area contributed by atoms with Gasteiger partial charge in [0.1, 0.15) is 11.4 Å². The molecule has 21 heavy (non-hydrogen) atoms. The Kier molecular flexibility index (Phi) is 4.59. The number of amides is 1. The summed E-state index contributed by atoms with van der Waals surface area (Å²) in [6.07, 6.45) is 3.79. The SMILES string of the molecule is Cc1cnc(C)n1CC1CCN(C(=O)OC(C)(C)C)CC1. The number of aryl methyl sites for hydroxylation is 2. The Balaban J connectivity index is 1.85. The van der Waals surface area contributed by atoms with Gasteiger partial charge in [0.2, 0.25) is 0 Å². The third-order valence-corrected chi connectivity index (χ3v) is 3.96. The summed E-state index contributed by atoms with van der Waals surface area (Å²) < 4.78 is 7.70. The van der Waals surface area contributed by atoms with Crippen molar-refractivity contribution < 1.29 is 9.53 Å². The van der Waals surface area contributed by atoms with Crippen molar-refractivity contribution >= 4 is 6.09 Å². The van der Waals surface area contributed by atoms with Crippen molar-refractivity contribution in [3.05, 3.63) is 17.7 Å². The van der Waals surface area contributed by atoms with Crippen molar-refractivity contribution in [3.8, 4) is 0 Å². The van der Waals surface area contributed by atoms with E-state index in [1.807, 2.05) is 38.8 Å². The molecular formula is C16H27N3O2. The number of hydrogen-bond acceptors (Lipinski definition) is 3. The van der Waals surface area contributed by atoms with E-state index in [1.54, 1.807) is 0 Å². The number of piperidine rings is 1. The molecule has 0 spiro atoms. The fraction of sp³-hybridized carbons (Fsp3) is 0.750. The van der Waals surface area contributed by atoms with Crippen molar-refractivity contribution in [1.82, 2.24) is 14.5 Å². The summed E-state index contributed by atoms with van der Waals surface area (Å²) in [6.45, 7) is 12.4. The molecule has 1 fully saturated rings. The van der Waals surface area contributed by atoms with Gasteiger partial charge in [-0.1, -0.05) is 0 Å². The summed E-state index contributed by atoms with van der Waals surface area (Å²) in [7, 11) is 0. The molecule has 0 N–H and O–H groups in total.